The van der Waals surface area contributed by atoms with Gasteiger partial charge in [0.15, 0.2) is 0 Å². The Morgan fingerprint density at radius 3 is 2.70 bits per heavy atom. The highest BCUT2D eigenvalue weighted by molar-refractivity contribution is 7.05. The molecule has 0 saturated carbocycles. The molecule has 110 valence electrons. The van der Waals surface area contributed by atoms with E-state index in [4.69, 9.17) is 0 Å². The van der Waals surface area contributed by atoms with Crippen molar-refractivity contribution in [3.05, 3.63) is 28.5 Å². The standard InChI is InChI=1S/C14H23N5S/c1-6-7-15-11(10-8-16-19(5)9-10)12-13(14(2,3)4)17-18-20-12/h8-9,11,15H,6-7H2,1-5H3. The van der Waals surface area contributed by atoms with Crippen LogP contribution in [0.2, 0.25) is 0 Å². The average molecular weight is 293 g/mol. The van der Waals surface area contributed by atoms with Gasteiger partial charge in [0.25, 0.3) is 0 Å². The van der Waals surface area contributed by atoms with E-state index in [0.29, 0.717) is 0 Å². The third-order valence-electron chi connectivity index (χ3n) is 3.14. The summed E-state index contributed by atoms with van der Waals surface area (Å²) in [4.78, 5) is 1.19. The monoisotopic (exact) mass is 293 g/mol. The van der Waals surface area contributed by atoms with Gasteiger partial charge in [-0.15, -0.1) is 5.10 Å². The zero-order valence-electron chi connectivity index (χ0n) is 12.8. The second-order valence-corrected chi connectivity index (χ2v) is 6.86. The summed E-state index contributed by atoms with van der Waals surface area (Å²) >= 11 is 1.48. The van der Waals surface area contributed by atoms with Gasteiger partial charge in [-0.3, -0.25) is 4.68 Å². The summed E-state index contributed by atoms with van der Waals surface area (Å²) in [6, 6.07) is 0.123. The van der Waals surface area contributed by atoms with Crippen LogP contribution >= 0.6 is 11.5 Å². The molecule has 0 bridgehead atoms. The van der Waals surface area contributed by atoms with E-state index in [0.717, 1.165) is 24.2 Å². The van der Waals surface area contributed by atoms with Gasteiger partial charge in [0.2, 0.25) is 0 Å². The number of aromatic nitrogens is 4. The number of aryl methyl sites for hydroxylation is 1. The Hall–Kier alpha value is -1.27. The molecule has 0 aliphatic rings. The van der Waals surface area contributed by atoms with Crippen LogP contribution in [-0.4, -0.2) is 25.9 Å². The second kappa shape index (κ2) is 6.01. The lowest BCUT2D eigenvalue weighted by Gasteiger charge is -2.22. The van der Waals surface area contributed by atoms with Crippen LogP contribution in [0.25, 0.3) is 0 Å². The van der Waals surface area contributed by atoms with Crippen molar-refractivity contribution in [2.24, 2.45) is 7.05 Å². The predicted octanol–water partition coefficient (Wildman–Crippen LogP) is 2.66. The lowest BCUT2D eigenvalue weighted by atomic mass is 9.89. The normalized spacial score (nSPS) is 13.7. The number of hydrogen-bond donors (Lipinski definition) is 1. The first-order valence-electron chi connectivity index (χ1n) is 6.98. The molecular formula is C14H23N5S. The summed E-state index contributed by atoms with van der Waals surface area (Å²) in [7, 11) is 1.94. The lowest BCUT2D eigenvalue weighted by molar-refractivity contribution is 0.538. The molecule has 0 fully saturated rings. The maximum atomic E-state index is 4.35. The highest BCUT2D eigenvalue weighted by Gasteiger charge is 2.28. The molecule has 2 rings (SSSR count). The van der Waals surface area contributed by atoms with Crippen molar-refractivity contribution in [3.63, 3.8) is 0 Å². The topological polar surface area (TPSA) is 55.6 Å². The molecule has 0 spiro atoms. The highest BCUT2D eigenvalue weighted by Crippen LogP contribution is 2.33. The van der Waals surface area contributed by atoms with Crippen molar-refractivity contribution in [1.82, 2.24) is 24.7 Å². The first-order chi connectivity index (χ1) is 9.43. The van der Waals surface area contributed by atoms with Gasteiger partial charge in [-0.25, -0.2) is 0 Å². The van der Waals surface area contributed by atoms with Gasteiger partial charge in [-0.2, -0.15) is 5.10 Å². The molecular weight excluding hydrogens is 270 g/mol. The fourth-order valence-corrected chi connectivity index (χ4v) is 3.12. The highest BCUT2D eigenvalue weighted by atomic mass is 32.1. The number of nitrogens with one attached hydrogen (secondary N) is 1. The van der Waals surface area contributed by atoms with Crippen LogP contribution in [0.5, 0.6) is 0 Å². The molecule has 0 amide bonds. The fraction of sp³-hybridized carbons (Fsp3) is 0.643. The van der Waals surface area contributed by atoms with Gasteiger partial charge in [0.1, 0.15) is 0 Å². The molecule has 5 nitrogen and oxygen atoms in total. The molecule has 0 aromatic carbocycles. The number of nitrogens with zero attached hydrogens (tertiary/aromatic N) is 4. The van der Waals surface area contributed by atoms with Crippen molar-refractivity contribution in [2.45, 2.75) is 45.6 Å². The zero-order chi connectivity index (χ0) is 14.8. The zero-order valence-corrected chi connectivity index (χ0v) is 13.7. The van der Waals surface area contributed by atoms with E-state index in [-0.39, 0.29) is 11.5 Å². The molecule has 1 unspecified atom stereocenters. The molecule has 2 heterocycles. The summed E-state index contributed by atoms with van der Waals surface area (Å²) in [5, 5.41) is 12.2. The molecule has 2 aromatic rings. The number of hydrogen-bond acceptors (Lipinski definition) is 5. The van der Waals surface area contributed by atoms with E-state index in [1.807, 2.05) is 17.9 Å². The average Bonchev–Trinajstić information content (AvgIpc) is 2.98. The van der Waals surface area contributed by atoms with Crippen LogP contribution < -0.4 is 5.32 Å². The summed E-state index contributed by atoms with van der Waals surface area (Å²) in [6.07, 6.45) is 5.06. The predicted molar refractivity (Wildman–Crippen MR) is 82.0 cm³/mol. The third-order valence-corrected chi connectivity index (χ3v) is 3.93. The van der Waals surface area contributed by atoms with E-state index >= 15 is 0 Å². The minimum atomic E-state index is -0.00329. The van der Waals surface area contributed by atoms with Crippen LogP contribution in [0, 0.1) is 0 Å². The third kappa shape index (κ3) is 3.24. The second-order valence-electron chi connectivity index (χ2n) is 6.07. The smallest absolute Gasteiger partial charge is 0.0860 e. The van der Waals surface area contributed by atoms with Crippen molar-refractivity contribution >= 4 is 11.5 Å². The first-order valence-corrected chi connectivity index (χ1v) is 7.75. The Morgan fingerprint density at radius 1 is 1.40 bits per heavy atom. The Bertz CT molecular complexity index is 552. The summed E-state index contributed by atoms with van der Waals surface area (Å²) in [5.41, 5.74) is 2.23. The van der Waals surface area contributed by atoms with E-state index in [9.17, 15) is 0 Å². The lowest BCUT2D eigenvalue weighted by Crippen LogP contribution is -2.25. The van der Waals surface area contributed by atoms with Gasteiger partial charge in [0.05, 0.1) is 22.8 Å². The molecule has 20 heavy (non-hydrogen) atoms. The molecule has 1 atom stereocenters. The molecule has 6 heteroatoms. The molecule has 0 aliphatic carbocycles. The summed E-state index contributed by atoms with van der Waals surface area (Å²) < 4.78 is 6.01. The van der Waals surface area contributed by atoms with E-state index in [2.05, 4.69) is 53.9 Å². The van der Waals surface area contributed by atoms with Crippen LogP contribution in [-0.2, 0) is 12.5 Å². The van der Waals surface area contributed by atoms with Crippen LogP contribution in [0.4, 0.5) is 0 Å². The van der Waals surface area contributed by atoms with Gasteiger partial charge in [-0.1, -0.05) is 32.2 Å². The van der Waals surface area contributed by atoms with Gasteiger partial charge in [0, 0.05) is 24.2 Å². The Balaban J connectivity index is 2.39. The van der Waals surface area contributed by atoms with Gasteiger partial charge < -0.3 is 5.32 Å². The summed E-state index contributed by atoms with van der Waals surface area (Å²) in [5.74, 6) is 0. The summed E-state index contributed by atoms with van der Waals surface area (Å²) in [6.45, 7) is 9.65. The van der Waals surface area contributed by atoms with E-state index < -0.39 is 0 Å². The first kappa shape index (κ1) is 15.1. The fourth-order valence-electron chi connectivity index (χ4n) is 2.15. The molecule has 1 N–H and O–H groups in total. The van der Waals surface area contributed by atoms with Crippen molar-refractivity contribution < 1.29 is 0 Å². The maximum absolute atomic E-state index is 4.35. The van der Waals surface area contributed by atoms with Crippen LogP contribution in [0.1, 0.15) is 56.3 Å². The molecule has 0 radical (unpaired) electrons. The van der Waals surface area contributed by atoms with Gasteiger partial charge in [-0.05, 0) is 24.5 Å². The molecule has 0 aliphatic heterocycles. The Kier molecular flexibility index (Phi) is 4.55. The van der Waals surface area contributed by atoms with Crippen LogP contribution in [0.3, 0.4) is 0 Å². The molecule has 0 saturated heterocycles. The van der Waals surface area contributed by atoms with Crippen molar-refractivity contribution in [2.75, 3.05) is 6.54 Å². The Labute approximate surface area is 124 Å². The quantitative estimate of drug-likeness (QED) is 0.921. The Morgan fingerprint density at radius 2 is 2.15 bits per heavy atom. The van der Waals surface area contributed by atoms with Crippen LogP contribution in [0.15, 0.2) is 12.4 Å². The SMILES string of the molecule is CCCNC(c1cnn(C)c1)c1snnc1C(C)(C)C. The van der Waals surface area contributed by atoms with Crippen molar-refractivity contribution in [3.8, 4) is 0 Å². The largest absolute Gasteiger partial charge is 0.305 e. The number of rotatable bonds is 5. The minimum absolute atomic E-state index is 0.00329. The van der Waals surface area contributed by atoms with Crippen molar-refractivity contribution in [1.29, 1.82) is 0 Å². The van der Waals surface area contributed by atoms with E-state index in [1.165, 1.54) is 16.4 Å². The van der Waals surface area contributed by atoms with E-state index in [1.54, 1.807) is 0 Å². The van der Waals surface area contributed by atoms with Gasteiger partial charge >= 0.3 is 0 Å². The molecule has 2 aromatic heterocycles. The minimum Gasteiger partial charge on any atom is -0.305 e. The maximum Gasteiger partial charge on any atom is 0.0860 e.